The van der Waals surface area contributed by atoms with Crippen molar-refractivity contribution in [1.29, 1.82) is 0 Å². The molecule has 19 heavy (non-hydrogen) atoms. The molecule has 0 bridgehead atoms. The number of carbonyl (C=O) groups is 1. The van der Waals surface area contributed by atoms with Crippen molar-refractivity contribution in [3.05, 3.63) is 21.3 Å². The molecule has 1 atom stereocenters. The second-order valence-corrected chi connectivity index (χ2v) is 6.29. The predicted molar refractivity (Wildman–Crippen MR) is 85.3 cm³/mol. The first kappa shape index (κ1) is 18.7. The second kappa shape index (κ2) is 9.59. The minimum atomic E-state index is 0. The number of thiophene rings is 1. The lowest BCUT2D eigenvalue weighted by Crippen LogP contribution is -2.41. The normalized spacial score (nSPS) is 12.1. The first-order valence-electron chi connectivity index (χ1n) is 6.23. The van der Waals surface area contributed by atoms with E-state index in [1.54, 1.807) is 11.3 Å². The van der Waals surface area contributed by atoms with Crippen molar-refractivity contribution in [2.75, 3.05) is 6.54 Å². The Morgan fingerprint density at radius 1 is 1.53 bits per heavy atom. The number of aryl methyl sites for hydroxylation is 1. The molecule has 1 rings (SSSR count). The van der Waals surface area contributed by atoms with Gasteiger partial charge in [-0.2, -0.15) is 0 Å². The molecule has 0 aliphatic heterocycles. The predicted octanol–water partition coefficient (Wildman–Crippen LogP) is 3.25. The van der Waals surface area contributed by atoms with Gasteiger partial charge >= 0.3 is 0 Å². The Kier molecular flexibility index (Phi) is 9.44. The van der Waals surface area contributed by atoms with Crippen LogP contribution in [0.5, 0.6) is 0 Å². The van der Waals surface area contributed by atoms with Gasteiger partial charge in [0.2, 0.25) is 5.91 Å². The molecule has 1 amide bonds. The van der Waals surface area contributed by atoms with Gasteiger partial charge in [0.15, 0.2) is 0 Å². The first-order valence-corrected chi connectivity index (χ1v) is 7.49. The third-order valence-electron chi connectivity index (χ3n) is 2.63. The van der Waals surface area contributed by atoms with E-state index in [0.717, 1.165) is 22.7 Å². The number of rotatable bonds is 7. The summed E-state index contributed by atoms with van der Waals surface area (Å²) in [6.07, 6.45) is 2.15. The Morgan fingerprint density at radius 2 is 2.21 bits per heavy atom. The van der Waals surface area contributed by atoms with E-state index in [-0.39, 0.29) is 24.4 Å². The molecule has 0 aliphatic carbocycles. The SMILES string of the molecule is CC(C)CC(CN)NC(=O)CCc1cc(Cl)cs1.Cl. The highest BCUT2D eigenvalue weighted by Gasteiger charge is 2.12. The minimum Gasteiger partial charge on any atom is -0.352 e. The maximum absolute atomic E-state index is 11.8. The smallest absolute Gasteiger partial charge is 0.220 e. The minimum absolute atomic E-state index is 0. The van der Waals surface area contributed by atoms with Crippen molar-refractivity contribution in [2.45, 2.75) is 39.2 Å². The quantitative estimate of drug-likeness (QED) is 0.808. The molecule has 6 heteroatoms. The number of nitrogens with one attached hydrogen (secondary N) is 1. The molecule has 0 fully saturated rings. The summed E-state index contributed by atoms with van der Waals surface area (Å²) in [4.78, 5) is 12.9. The Morgan fingerprint density at radius 3 is 2.68 bits per heavy atom. The van der Waals surface area contributed by atoms with Gasteiger partial charge in [0.05, 0.1) is 5.02 Å². The fraction of sp³-hybridized carbons (Fsp3) is 0.615. The number of nitrogens with two attached hydrogens (primary N) is 1. The molecule has 3 N–H and O–H groups in total. The topological polar surface area (TPSA) is 55.1 Å². The lowest BCUT2D eigenvalue weighted by atomic mass is 10.0. The molecule has 1 heterocycles. The van der Waals surface area contributed by atoms with E-state index in [4.69, 9.17) is 17.3 Å². The van der Waals surface area contributed by atoms with Crippen molar-refractivity contribution < 1.29 is 4.79 Å². The van der Waals surface area contributed by atoms with Crippen molar-refractivity contribution in [1.82, 2.24) is 5.32 Å². The average molecular weight is 325 g/mol. The first-order chi connectivity index (χ1) is 8.51. The summed E-state index contributed by atoms with van der Waals surface area (Å²) in [6, 6.07) is 2.00. The van der Waals surface area contributed by atoms with E-state index >= 15 is 0 Å². The van der Waals surface area contributed by atoms with E-state index in [0.29, 0.717) is 18.9 Å². The third kappa shape index (κ3) is 7.78. The maximum Gasteiger partial charge on any atom is 0.220 e. The zero-order chi connectivity index (χ0) is 13.5. The molecule has 1 aromatic rings. The van der Waals surface area contributed by atoms with Gasteiger partial charge in [-0.05, 0) is 24.8 Å². The summed E-state index contributed by atoms with van der Waals surface area (Å²) in [5.41, 5.74) is 5.65. The van der Waals surface area contributed by atoms with Crippen LogP contribution in [0, 0.1) is 5.92 Å². The van der Waals surface area contributed by atoms with E-state index in [1.807, 2.05) is 11.4 Å². The van der Waals surface area contributed by atoms with Gasteiger partial charge in [-0.3, -0.25) is 4.79 Å². The molecule has 0 radical (unpaired) electrons. The summed E-state index contributed by atoms with van der Waals surface area (Å²) in [5.74, 6) is 0.602. The zero-order valence-corrected chi connectivity index (χ0v) is 13.7. The van der Waals surface area contributed by atoms with Crippen LogP contribution >= 0.6 is 35.3 Å². The van der Waals surface area contributed by atoms with Crippen molar-refractivity contribution in [2.24, 2.45) is 11.7 Å². The molecular formula is C13H22Cl2N2OS. The summed E-state index contributed by atoms with van der Waals surface area (Å²) in [6.45, 7) is 4.75. The highest BCUT2D eigenvalue weighted by molar-refractivity contribution is 7.10. The zero-order valence-electron chi connectivity index (χ0n) is 11.3. The van der Waals surface area contributed by atoms with Gasteiger partial charge in [0.1, 0.15) is 0 Å². The average Bonchev–Trinajstić information content (AvgIpc) is 2.71. The fourth-order valence-corrected chi connectivity index (χ4v) is 2.88. The Labute approximate surface area is 130 Å². The van der Waals surface area contributed by atoms with E-state index in [9.17, 15) is 4.79 Å². The van der Waals surface area contributed by atoms with E-state index in [2.05, 4.69) is 19.2 Å². The summed E-state index contributed by atoms with van der Waals surface area (Å²) >= 11 is 7.42. The fourth-order valence-electron chi connectivity index (χ4n) is 1.80. The number of halogens is 2. The molecule has 0 saturated carbocycles. The van der Waals surface area contributed by atoms with Gasteiger partial charge in [-0.1, -0.05) is 25.4 Å². The molecule has 3 nitrogen and oxygen atoms in total. The lowest BCUT2D eigenvalue weighted by molar-refractivity contribution is -0.121. The second-order valence-electron chi connectivity index (χ2n) is 4.86. The van der Waals surface area contributed by atoms with Crippen LogP contribution in [0.2, 0.25) is 5.02 Å². The van der Waals surface area contributed by atoms with Crippen LogP contribution in [0.25, 0.3) is 0 Å². The molecule has 110 valence electrons. The monoisotopic (exact) mass is 324 g/mol. The van der Waals surface area contributed by atoms with Gasteiger partial charge in [-0.15, -0.1) is 23.7 Å². The van der Waals surface area contributed by atoms with Gasteiger partial charge < -0.3 is 11.1 Å². The van der Waals surface area contributed by atoms with Crippen LogP contribution in [0.3, 0.4) is 0 Å². The summed E-state index contributed by atoms with van der Waals surface area (Å²) in [5, 5.41) is 5.61. The van der Waals surface area contributed by atoms with Crippen LogP contribution in [-0.4, -0.2) is 18.5 Å². The van der Waals surface area contributed by atoms with Gasteiger partial charge in [-0.25, -0.2) is 0 Å². The number of amides is 1. The summed E-state index contributed by atoms with van der Waals surface area (Å²) in [7, 11) is 0. The summed E-state index contributed by atoms with van der Waals surface area (Å²) < 4.78 is 0. The molecule has 0 saturated heterocycles. The molecule has 0 aromatic carbocycles. The number of carbonyl (C=O) groups excluding carboxylic acids is 1. The highest BCUT2D eigenvalue weighted by atomic mass is 35.5. The molecule has 1 aromatic heterocycles. The lowest BCUT2D eigenvalue weighted by Gasteiger charge is -2.18. The largest absolute Gasteiger partial charge is 0.352 e. The van der Waals surface area contributed by atoms with E-state index in [1.165, 1.54) is 0 Å². The third-order valence-corrected chi connectivity index (χ3v) is 3.97. The Balaban J connectivity index is 0.00000324. The van der Waals surface area contributed by atoms with Crippen molar-refractivity contribution in [3.8, 4) is 0 Å². The van der Waals surface area contributed by atoms with Crippen molar-refractivity contribution in [3.63, 3.8) is 0 Å². The van der Waals surface area contributed by atoms with Crippen LogP contribution in [0.15, 0.2) is 11.4 Å². The standard InChI is InChI=1S/C13H21ClN2OS.ClH/c1-9(2)5-11(7-15)16-13(17)4-3-12-6-10(14)8-18-12;/h6,8-9,11H,3-5,7,15H2,1-2H3,(H,16,17);1H. The molecule has 0 aliphatic rings. The van der Waals surface area contributed by atoms with Crippen LogP contribution in [0.4, 0.5) is 0 Å². The van der Waals surface area contributed by atoms with Gasteiger partial charge in [0.25, 0.3) is 0 Å². The van der Waals surface area contributed by atoms with Crippen LogP contribution in [0.1, 0.15) is 31.6 Å². The van der Waals surface area contributed by atoms with Gasteiger partial charge in [0, 0.05) is 29.3 Å². The molecular weight excluding hydrogens is 303 g/mol. The number of hydrogen-bond acceptors (Lipinski definition) is 3. The van der Waals surface area contributed by atoms with Crippen LogP contribution in [-0.2, 0) is 11.2 Å². The Hall–Kier alpha value is -0.290. The number of hydrogen-bond donors (Lipinski definition) is 2. The Bertz CT molecular complexity index is 382. The molecule has 1 unspecified atom stereocenters. The maximum atomic E-state index is 11.8. The molecule has 0 spiro atoms. The van der Waals surface area contributed by atoms with E-state index < -0.39 is 0 Å². The van der Waals surface area contributed by atoms with Crippen LogP contribution < -0.4 is 11.1 Å². The van der Waals surface area contributed by atoms with Crippen molar-refractivity contribution >= 4 is 41.3 Å². The highest BCUT2D eigenvalue weighted by Crippen LogP contribution is 2.20.